The monoisotopic (exact) mass is 400 g/mol. The van der Waals surface area contributed by atoms with Crippen LogP contribution in [0, 0.1) is 35.5 Å². The summed E-state index contributed by atoms with van der Waals surface area (Å²) in [6.45, 7) is 3.95. The van der Waals surface area contributed by atoms with Gasteiger partial charge in [-0.3, -0.25) is 9.59 Å². The van der Waals surface area contributed by atoms with Crippen LogP contribution in [0.3, 0.4) is 0 Å². The summed E-state index contributed by atoms with van der Waals surface area (Å²) >= 11 is 0. The van der Waals surface area contributed by atoms with Crippen LogP contribution in [-0.4, -0.2) is 29.1 Å². The molecule has 0 N–H and O–H groups in total. The van der Waals surface area contributed by atoms with Gasteiger partial charge in [0.2, 0.25) is 0 Å². The molecule has 1 aliphatic heterocycles. The van der Waals surface area contributed by atoms with E-state index in [4.69, 9.17) is 4.74 Å². The van der Waals surface area contributed by atoms with Crippen molar-refractivity contribution in [1.82, 2.24) is 5.01 Å². The molecule has 7 rings (SSSR count). The number of carbonyl (C=O) groups is 2. The molecule has 30 heavy (non-hydrogen) atoms. The Morgan fingerprint density at radius 2 is 1.67 bits per heavy atom. The van der Waals surface area contributed by atoms with Gasteiger partial charge in [0.05, 0.1) is 24.2 Å². The van der Waals surface area contributed by atoms with Crippen LogP contribution in [0.15, 0.2) is 53.7 Å². The number of rotatable bonds is 4. The second kappa shape index (κ2) is 6.27. The molecule has 3 fully saturated rings. The SMILES string of the molecule is CC(C)Oc1ccc2ccccc2c1/C=N\N1C(=O)[C@@H]2[C@@H]3C=C[C@H]([C@@H]4C[C@H]34)[C@@H]2C1=O. The van der Waals surface area contributed by atoms with E-state index in [0.717, 1.165) is 27.8 Å². The van der Waals surface area contributed by atoms with Crippen LogP contribution in [0.4, 0.5) is 0 Å². The van der Waals surface area contributed by atoms with E-state index in [1.54, 1.807) is 6.21 Å². The summed E-state index contributed by atoms with van der Waals surface area (Å²) in [4.78, 5) is 26.4. The van der Waals surface area contributed by atoms with Crippen molar-refractivity contribution in [3.8, 4) is 5.75 Å². The molecule has 2 bridgehead atoms. The van der Waals surface area contributed by atoms with Crippen molar-refractivity contribution < 1.29 is 14.3 Å². The lowest BCUT2D eigenvalue weighted by Gasteiger charge is -2.37. The molecule has 4 aliphatic carbocycles. The first-order valence-corrected chi connectivity index (χ1v) is 10.8. The van der Waals surface area contributed by atoms with Crippen LogP contribution < -0.4 is 4.74 Å². The van der Waals surface area contributed by atoms with Gasteiger partial charge in [0.1, 0.15) is 5.75 Å². The third-order valence-electron chi connectivity index (χ3n) is 7.24. The largest absolute Gasteiger partial charge is 0.490 e. The van der Waals surface area contributed by atoms with Gasteiger partial charge in [-0.1, -0.05) is 42.5 Å². The maximum Gasteiger partial charge on any atom is 0.254 e. The molecule has 5 heteroatoms. The lowest BCUT2D eigenvalue weighted by Crippen LogP contribution is -2.40. The van der Waals surface area contributed by atoms with Crippen LogP contribution in [0.25, 0.3) is 10.8 Å². The van der Waals surface area contributed by atoms with Crippen molar-refractivity contribution in [1.29, 1.82) is 0 Å². The number of amides is 2. The van der Waals surface area contributed by atoms with Crippen LogP contribution >= 0.6 is 0 Å². The fourth-order valence-corrected chi connectivity index (χ4v) is 5.94. The summed E-state index contributed by atoms with van der Waals surface area (Å²) in [6.07, 6.45) is 7.15. The molecule has 2 aromatic carbocycles. The summed E-state index contributed by atoms with van der Waals surface area (Å²) in [7, 11) is 0. The fourth-order valence-electron chi connectivity index (χ4n) is 5.94. The molecule has 0 unspecified atom stereocenters. The lowest BCUT2D eigenvalue weighted by atomic mass is 9.63. The molecule has 0 spiro atoms. The van der Waals surface area contributed by atoms with Gasteiger partial charge in [-0.25, -0.2) is 0 Å². The van der Waals surface area contributed by atoms with E-state index in [-0.39, 0.29) is 41.6 Å². The average molecular weight is 400 g/mol. The van der Waals surface area contributed by atoms with Crippen molar-refractivity contribution in [2.24, 2.45) is 40.6 Å². The number of hydrogen-bond donors (Lipinski definition) is 0. The number of hydrazone groups is 1. The van der Waals surface area contributed by atoms with Crippen LogP contribution in [0.1, 0.15) is 25.8 Å². The molecule has 6 atom stereocenters. The summed E-state index contributed by atoms with van der Waals surface area (Å²) in [5, 5.41) is 7.61. The van der Waals surface area contributed by atoms with Gasteiger partial charge in [0.25, 0.3) is 11.8 Å². The number of hydrogen-bond acceptors (Lipinski definition) is 4. The standard InChI is InChI=1S/C25H24N2O3/c1-13(2)30-21-10-7-14-5-3-4-6-15(14)20(21)12-26-27-24(28)22-16-8-9-17(19-11-18(16)19)23(22)25(27)29/h3-10,12-13,16-19,22-23H,11H2,1-2H3/b26-12-/t16-,17-,18-,19+,22-,23+/m1/s1. The molecule has 152 valence electrons. The van der Waals surface area contributed by atoms with Gasteiger partial charge in [-0.05, 0) is 60.8 Å². The molecule has 5 nitrogen and oxygen atoms in total. The van der Waals surface area contributed by atoms with Crippen molar-refractivity contribution >= 4 is 28.8 Å². The number of benzene rings is 2. The first-order chi connectivity index (χ1) is 14.5. The van der Waals surface area contributed by atoms with E-state index < -0.39 is 0 Å². The number of imide groups is 1. The third kappa shape index (κ3) is 2.44. The number of fused-ring (bicyclic) bond motifs is 1. The number of allylic oxidation sites excluding steroid dienone is 2. The molecule has 1 saturated heterocycles. The third-order valence-corrected chi connectivity index (χ3v) is 7.24. The van der Waals surface area contributed by atoms with Gasteiger partial charge < -0.3 is 4.74 Å². The Bertz CT molecular complexity index is 1100. The highest BCUT2D eigenvalue weighted by atomic mass is 16.5. The summed E-state index contributed by atoms with van der Waals surface area (Å²) < 4.78 is 5.99. The number of carbonyl (C=O) groups excluding carboxylic acids is 2. The number of nitrogens with zero attached hydrogens (tertiary/aromatic N) is 2. The average Bonchev–Trinajstić information content (AvgIpc) is 3.52. The predicted molar refractivity (Wildman–Crippen MR) is 114 cm³/mol. The highest BCUT2D eigenvalue weighted by Crippen LogP contribution is 2.65. The van der Waals surface area contributed by atoms with Crippen LogP contribution in [-0.2, 0) is 9.59 Å². The topological polar surface area (TPSA) is 59.0 Å². The van der Waals surface area contributed by atoms with Gasteiger partial charge in [0.15, 0.2) is 0 Å². The van der Waals surface area contributed by atoms with E-state index in [9.17, 15) is 9.59 Å². The van der Waals surface area contributed by atoms with Crippen LogP contribution in [0.5, 0.6) is 5.75 Å². The van der Waals surface area contributed by atoms with Crippen molar-refractivity contribution in [2.75, 3.05) is 0 Å². The van der Waals surface area contributed by atoms with Gasteiger partial charge >= 0.3 is 0 Å². The second-order valence-corrected chi connectivity index (χ2v) is 9.25. The zero-order valence-corrected chi connectivity index (χ0v) is 17.1. The predicted octanol–water partition coefficient (Wildman–Crippen LogP) is 4.01. The van der Waals surface area contributed by atoms with Gasteiger partial charge in [-0.15, -0.1) is 0 Å². The molecule has 0 aromatic heterocycles. The number of ether oxygens (including phenoxy) is 1. The minimum absolute atomic E-state index is 0.00431. The smallest absolute Gasteiger partial charge is 0.254 e. The van der Waals surface area contributed by atoms with Gasteiger partial charge in [-0.2, -0.15) is 10.1 Å². The Kier molecular flexibility index (Phi) is 3.74. The molecule has 2 amide bonds. The van der Waals surface area contributed by atoms with Gasteiger partial charge in [0, 0.05) is 5.56 Å². The Morgan fingerprint density at radius 3 is 2.33 bits per heavy atom. The van der Waals surface area contributed by atoms with Crippen molar-refractivity contribution in [3.05, 3.63) is 54.1 Å². The Hall–Kier alpha value is -2.95. The molecule has 1 heterocycles. The first kappa shape index (κ1) is 17.9. The Labute approximate surface area is 175 Å². The minimum Gasteiger partial charge on any atom is -0.490 e. The van der Waals surface area contributed by atoms with E-state index in [1.807, 2.05) is 50.2 Å². The maximum absolute atomic E-state index is 13.2. The quantitative estimate of drug-likeness (QED) is 0.443. The Morgan fingerprint density at radius 1 is 1.00 bits per heavy atom. The maximum atomic E-state index is 13.2. The molecular weight excluding hydrogens is 376 g/mol. The summed E-state index contributed by atoms with van der Waals surface area (Å²) in [5.74, 6) is 1.55. The normalized spacial score (nSPS) is 33.6. The van der Waals surface area contributed by atoms with E-state index in [2.05, 4.69) is 17.3 Å². The zero-order chi connectivity index (χ0) is 20.6. The molecular formula is C25H24N2O3. The molecule has 5 aliphatic rings. The first-order valence-electron chi connectivity index (χ1n) is 10.8. The Balaban J connectivity index is 1.38. The van der Waals surface area contributed by atoms with E-state index in [0.29, 0.717) is 17.6 Å². The molecule has 2 saturated carbocycles. The lowest BCUT2D eigenvalue weighted by molar-refractivity contribution is -0.140. The minimum atomic E-state index is -0.229. The highest BCUT2D eigenvalue weighted by molar-refractivity contribution is 6.08. The highest BCUT2D eigenvalue weighted by Gasteiger charge is 2.67. The molecule has 2 aromatic rings. The second-order valence-electron chi connectivity index (χ2n) is 9.25. The van der Waals surface area contributed by atoms with Crippen molar-refractivity contribution in [3.63, 3.8) is 0 Å². The summed E-state index contributed by atoms with van der Waals surface area (Å²) in [5.41, 5.74) is 0.793. The zero-order valence-electron chi connectivity index (χ0n) is 17.1. The van der Waals surface area contributed by atoms with Crippen molar-refractivity contribution in [2.45, 2.75) is 26.4 Å². The van der Waals surface area contributed by atoms with E-state index in [1.165, 1.54) is 0 Å². The fraction of sp³-hybridized carbons (Fsp3) is 0.400. The molecule has 0 radical (unpaired) electrons. The van der Waals surface area contributed by atoms with E-state index >= 15 is 0 Å². The summed E-state index contributed by atoms with van der Waals surface area (Å²) in [6, 6.07) is 11.9. The van der Waals surface area contributed by atoms with Crippen LogP contribution in [0.2, 0.25) is 0 Å².